The number of hydrogen-bond acceptors (Lipinski definition) is 2. The molecule has 0 saturated carbocycles. The number of likely N-dealkylation sites (tertiary alicyclic amines) is 1. The van der Waals surface area contributed by atoms with Crippen molar-refractivity contribution in [2.45, 2.75) is 78.3 Å². The van der Waals surface area contributed by atoms with Gasteiger partial charge in [-0.1, -0.05) is 40.0 Å². The Kier molecular flexibility index (Phi) is 6.50. The molecule has 0 aliphatic carbocycles. The summed E-state index contributed by atoms with van der Waals surface area (Å²) in [7, 11) is 0. The van der Waals surface area contributed by atoms with E-state index in [1.54, 1.807) is 0 Å². The first-order chi connectivity index (χ1) is 9.43. The molecule has 1 aliphatic rings. The van der Waals surface area contributed by atoms with E-state index in [0.29, 0.717) is 6.42 Å². The molecule has 1 saturated heterocycles. The van der Waals surface area contributed by atoms with Gasteiger partial charge in [-0.2, -0.15) is 0 Å². The molecule has 1 heterocycles. The van der Waals surface area contributed by atoms with E-state index in [1.165, 1.54) is 0 Å². The molecule has 1 rings (SSSR count). The zero-order valence-electron chi connectivity index (χ0n) is 13.3. The van der Waals surface area contributed by atoms with E-state index in [-0.39, 0.29) is 23.9 Å². The highest BCUT2D eigenvalue weighted by Gasteiger charge is 2.43. The van der Waals surface area contributed by atoms with Crippen molar-refractivity contribution in [1.82, 2.24) is 4.90 Å². The molecule has 0 aromatic heterocycles. The van der Waals surface area contributed by atoms with Crippen LogP contribution < -0.4 is 0 Å². The molecular formula is C16H29NO3. The number of piperidine rings is 1. The van der Waals surface area contributed by atoms with Crippen molar-refractivity contribution in [3.63, 3.8) is 0 Å². The van der Waals surface area contributed by atoms with Gasteiger partial charge in [0, 0.05) is 18.5 Å². The smallest absolute Gasteiger partial charge is 0.308 e. The van der Waals surface area contributed by atoms with Crippen LogP contribution in [0.15, 0.2) is 0 Å². The monoisotopic (exact) mass is 283 g/mol. The number of carbonyl (C=O) groups excluding carboxylic acids is 1. The van der Waals surface area contributed by atoms with Gasteiger partial charge in [0.15, 0.2) is 0 Å². The number of amides is 1. The van der Waals surface area contributed by atoms with E-state index in [2.05, 4.69) is 13.8 Å². The zero-order chi connectivity index (χ0) is 15.3. The minimum Gasteiger partial charge on any atom is -0.481 e. The first-order valence-corrected chi connectivity index (χ1v) is 7.97. The number of carboxylic acid groups (broad SMARTS) is 1. The second kappa shape index (κ2) is 7.65. The molecule has 116 valence electrons. The van der Waals surface area contributed by atoms with Crippen molar-refractivity contribution in [3.05, 3.63) is 0 Å². The SMILES string of the molecule is CCCCC(CCC)N1C(=O)CC(C)C(C(=O)O)C1C. The minimum atomic E-state index is -0.770. The van der Waals surface area contributed by atoms with Crippen LogP contribution in [0, 0.1) is 11.8 Å². The number of carbonyl (C=O) groups is 2. The van der Waals surface area contributed by atoms with Gasteiger partial charge in [0.2, 0.25) is 5.91 Å². The van der Waals surface area contributed by atoms with Gasteiger partial charge in [0.1, 0.15) is 0 Å². The van der Waals surface area contributed by atoms with Crippen molar-refractivity contribution in [1.29, 1.82) is 0 Å². The molecule has 4 atom stereocenters. The maximum absolute atomic E-state index is 12.4. The largest absolute Gasteiger partial charge is 0.481 e. The maximum atomic E-state index is 12.4. The van der Waals surface area contributed by atoms with Crippen molar-refractivity contribution >= 4 is 11.9 Å². The summed E-state index contributed by atoms with van der Waals surface area (Å²) in [6.07, 6.45) is 5.55. The maximum Gasteiger partial charge on any atom is 0.308 e. The minimum absolute atomic E-state index is 0.0697. The fourth-order valence-corrected chi connectivity index (χ4v) is 3.56. The molecule has 4 heteroatoms. The van der Waals surface area contributed by atoms with E-state index in [1.807, 2.05) is 18.7 Å². The predicted octanol–water partition coefficient (Wildman–Crippen LogP) is 3.30. The van der Waals surface area contributed by atoms with E-state index in [0.717, 1.165) is 32.1 Å². The fourth-order valence-electron chi connectivity index (χ4n) is 3.56. The van der Waals surface area contributed by atoms with Gasteiger partial charge in [0.05, 0.1) is 5.92 Å². The topological polar surface area (TPSA) is 57.6 Å². The summed E-state index contributed by atoms with van der Waals surface area (Å²) in [6.45, 7) is 8.05. The number of nitrogens with zero attached hydrogens (tertiary/aromatic N) is 1. The summed E-state index contributed by atoms with van der Waals surface area (Å²) >= 11 is 0. The Hall–Kier alpha value is -1.06. The van der Waals surface area contributed by atoms with Crippen molar-refractivity contribution in [2.75, 3.05) is 0 Å². The van der Waals surface area contributed by atoms with Crippen LogP contribution in [0.3, 0.4) is 0 Å². The molecule has 1 aliphatic heterocycles. The van der Waals surface area contributed by atoms with Gasteiger partial charge in [-0.15, -0.1) is 0 Å². The van der Waals surface area contributed by atoms with Gasteiger partial charge < -0.3 is 10.0 Å². The van der Waals surface area contributed by atoms with Crippen LogP contribution >= 0.6 is 0 Å². The Labute approximate surface area is 122 Å². The molecule has 0 spiro atoms. The second-order valence-corrected chi connectivity index (χ2v) is 6.17. The second-order valence-electron chi connectivity index (χ2n) is 6.17. The fraction of sp³-hybridized carbons (Fsp3) is 0.875. The summed E-state index contributed by atoms with van der Waals surface area (Å²) < 4.78 is 0. The van der Waals surface area contributed by atoms with Crippen LogP contribution in [0.1, 0.15) is 66.2 Å². The Morgan fingerprint density at radius 3 is 2.45 bits per heavy atom. The Morgan fingerprint density at radius 2 is 1.95 bits per heavy atom. The number of hydrogen-bond donors (Lipinski definition) is 1. The molecule has 1 N–H and O–H groups in total. The zero-order valence-corrected chi connectivity index (χ0v) is 13.3. The predicted molar refractivity (Wildman–Crippen MR) is 79.4 cm³/mol. The lowest BCUT2D eigenvalue weighted by atomic mass is 9.79. The lowest BCUT2D eigenvalue weighted by Gasteiger charge is -2.45. The van der Waals surface area contributed by atoms with Crippen molar-refractivity contribution in [2.24, 2.45) is 11.8 Å². The van der Waals surface area contributed by atoms with Gasteiger partial charge in [0.25, 0.3) is 0 Å². The Balaban J connectivity index is 2.92. The molecule has 20 heavy (non-hydrogen) atoms. The number of aliphatic carboxylic acids is 1. The number of rotatable bonds is 7. The highest BCUT2D eigenvalue weighted by Crippen LogP contribution is 2.33. The van der Waals surface area contributed by atoms with Crippen LogP contribution in [-0.4, -0.2) is 34.0 Å². The third kappa shape index (κ3) is 3.74. The third-order valence-corrected chi connectivity index (χ3v) is 4.55. The molecule has 0 aromatic carbocycles. The molecule has 0 bridgehead atoms. The normalized spacial score (nSPS) is 28.5. The summed E-state index contributed by atoms with van der Waals surface area (Å²) in [6, 6.07) is 0.00829. The molecule has 4 nitrogen and oxygen atoms in total. The molecule has 1 amide bonds. The van der Waals surface area contributed by atoms with Crippen molar-refractivity contribution < 1.29 is 14.7 Å². The molecule has 1 fully saturated rings. The summed E-state index contributed by atoms with van der Waals surface area (Å²) in [5, 5.41) is 9.43. The standard InChI is InChI=1S/C16H29NO3/c1-5-7-9-13(8-6-2)17-12(4)15(16(19)20)11(3)10-14(17)18/h11-13,15H,5-10H2,1-4H3,(H,19,20). The lowest BCUT2D eigenvalue weighted by Crippen LogP contribution is -2.56. The van der Waals surface area contributed by atoms with Crippen LogP contribution in [0.5, 0.6) is 0 Å². The van der Waals surface area contributed by atoms with E-state index in [4.69, 9.17) is 0 Å². The highest BCUT2D eigenvalue weighted by molar-refractivity contribution is 5.82. The Bertz CT molecular complexity index is 343. The molecule has 0 aromatic rings. The van der Waals surface area contributed by atoms with Gasteiger partial charge >= 0.3 is 5.97 Å². The number of unbranched alkanes of at least 4 members (excludes halogenated alkanes) is 1. The van der Waals surface area contributed by atoms with Crippen LogP contribution in [0.4, 0.5) is 0 Å². The third-order valence-electron chi connectivity index (χ3n) is 4.55. The highest BCUT2D eigenvalue weighted by atomic mass is 16.4. The average molecular weight is 283 g/mol. The van der Waals surface area contributed by atoms with E-state index < -0.39 is 11.9 Å². The van der Waals surface area contributed by atoms with Crippen LogP contribution in [0.25, 0.3) is 0 Å². The van der Waals surface area contributed by atoms with Crippen LogP contribution in [-0.2, 0) is 9.59 Å². The average Bonchev–Trinajstić information content (AvgIpc) is 2.34. The van der Waals surface area contributed by atoms with E-state index >= 15 is 0 Å². The first-order valence-electron chi connectivity index (χ1n) is 7.97. The van der Waals surface area contributed by atoms with Gasteiger partial charge in [-0.3, -0.25) is 9.59 Å². The molecule has 4 unspecified atom stereocenters. The van der Waals surface area contributed by atoms with Crippen molar-refractivity contribution in [3.8, 4) is 0 Å². The summed E-state index contributed by atoms with van der Waals surface area (Å²) in [4.78, 5) is 25.8. The number of carboxylic acids is 1. The molecular weight excluding hydrogens is 254 g/mol. The summed E-state index contributed by atoms with van der Waals surface area (Å²) in [5.74, 6) is -1.14. The van der Waals surface area contributed by atoms with Gasteiger partial charge in [-0.25, -0.2) is 0 Å². The lowest BCUT2D eigenvalue weighted by molar-refractivity contribution is -0.157. The van der Waals surface area contributed by atoms with Crippen LogP contribution in [0.2, 0.25) is 0 Å². The molecule has 0 radical (unpaired) electrons. The van der Waals surface area contributed by atoms with E-state index in [9.17, 15) is 14.7 Å². The Morgan fingerprint density at radius 1 is 1.30 bits per heavy atom. The summed E-state index contributed by atoms with van der Waals surface area (Å²) in [5.41, 5.74) is 0. The quantitative estimate of drug-likeness (QED) is 0.780. The van der Waals surface area contributed by atoms with Gasteiger partial charge in [-0.05, 0) is 25.7 Å². The first kappa shape index (κ1) is 17.0.